The van der Waals surface area contributed by atoms with Crippen LogP contribution in [-0.4, -0.2) is 44.7 Å². The third-order valence-electron chi connectivity index (χ3n) is 7.10. The maximum atomic E-state index is 13.4. The largest absolute Gasteiger partial charge is 0.497 e. The minimum atomic E-state index is -0.0903. The first kappa shape index (κ1) is 25.6. The van der Waals surface area contributed by atoms with Crippen LogP contribution in [0.1, 0.15) is 52.0 Å². The van der Waals surface area contributed by atoms with Crippen LogP contribution in [0.5, 0.6) is 17.2 Å². The molecule has 2 atom stereocenters. The first-order valence-electron chi connectivity index (χ1n) is 12.5. The minimum absolute atomic E-state index is 0.0198. The van der Waals surface area contributed by atoms with Gasteiger partial charge in [0.25, 0.3) is 5.91 Å². The highest BCUT2D eigenvalue weighted by atomic mass is 16.5. The second-order valence-electron chi connectivity index (χ2n) is 9.22. The number of ether oxygens (including phenoxy) is 3. The smallest absolute Gasteiger partial charge is 0.251 e. The maximum absolute atomic E-state index is 13.4. The predicted octanol–water partition coefficient (Wildman–Crippen LogP) is 5.33. The van der Waals surface area contributed by atoms with Crippen molar-refractivity contribution in [2.24, 2.45) is 0 Å². The van der Waals surface area contributed by atoms with E-state index in [2.05, 4.69) is 41.4 Å². The normalized spacial score (nSPS) is 16.1. The lowest BCUT2D eigenvalue weighted by atomic mass is 9.86. The van der Waals surface area contributed by atoms with Gasteiger partial charge in [-0.1, -0.05) is 37.3 Å². The lowest BCUT2D eigenvalue weighted by Gasteiger charge is -2.42. The molecular weight excluding hydrogens is 452 g/mol. The van der Waals surface area contributed by atoms with Gasteiger partial charge in [-0.25, -0.2) is 0 Å². The van der Waals surface area contributed by atoms with E-state index in [1.807, 2.05) is 43.3 Å². The Morgan fingerprint density at radius 3 is 2.33 bits per heavy atom. The molecule has 3 aromatic carbocycles. The van der Waals surface area contributed by atoms with E-state index in [0.717, 1.165) is 43.0 Å². The fraction of sp³-hybridized carbons (Fsp3) is 0.367. The number of benzene rings is 3. The Hall–Kier alpha value is -3.51. The Bertz CT molecular complexity index is 1190. The Morgan fingerprint density at radius 1 is 1.00 bits per heavy atom. The molecule has 6 nitrogen and oxygen atoms in total. The number of fused-ring (bicyclic) bond motifs is 1. The summed E-state index contributed by atoms with van der Waals surface area (Å²) in [5.74, 6) is 2.23. The monoisotopic (exact) mass is 488 g/mol. The van der Waals surface area contributed by atoms with Gasteiger partial charge in [-0.15, -0.1) is 0 Å². The van der Waals surface area contributed by atoms with Crippen LogP contribution in [0.15, 0.2) is 60.7 Å². The first-order valence-corrected chi connectivity index (χ1v) is 12.5. The fourth-order valence-corrected chi connectivity index (χ4v) is 5.12. The molecular formula is C30H36N2O4. The summed E-state index contributed by atoms with van der Waals surface area (Å²) in [6.45, 7) is 5.73. The van der Waals surface area contributed by atoms with E-state index in [9.17, 15) is 4.79 Å². The third kappa shape index (κ3) is 5.34. The highest BCUT2D eigenvalue weighted by molar-refractivity contribution is 5.95. The first-order chi connectivity index (χ1) is 17.5. The van der Waals surface area contributed by atoms with Crippen LogP contribution in [0.3, 0.4) is 0 Å². The summed E-state index contributed by atoms with van der Waals surface area (Å²) in [7, 11) is 5.00. The molecule has 4 rings (SSSR count). The molecule has 190 valence electrons. The number of nitrogens with one attached hydrogen (secondary N) is 1. The van der Waals surface area contributed by atoms with E-state index in [1.165, 1.54) is 16.7 Å². The molecule has 0 radical (unpaired) electrons. The van der Waals surface area contributed by atoms with Crippen LogP contribution in [-0.2, 0) is 13.0 Å². The van der Waals surface area contributed by atoms with E-state index >= 15 is 0 Å². The van der Waals surface area contributed by atoms with Gasteiger partial charge >= 0.3 is 0 Å². The number of rotatable bonds is 9. The second kappa shape index (κ2) is 11.5. The van der Waals surface area contributed by atoms with Crippen molar-refractivity contribution in [3.8, 4) is 17.2 Å². The summed E-state index contributed by atoms with van der Waals surface area (Å²) in [6, 6.07) is 20.0. The SMILES string of the molecule is CC[C@H](NC(=O)c1ccccc1C)[C@H]1c2cc(OC)c(OC)cc2CCN1Cc1ccc(OC)cc1. The van der Waals surface area contributed by atoms with E-state index in [4.69, 9.17) is 14.2 Å². The molecule has 0 bridgehead atoms. The number of carbonyl (C=O) groups is 1. The molecule has 6 heteroatoms. The lowest BCUT2D eigenvalue weighted by molar-refractivity contribution is 0.0858. The molecule has 0 spiro atoms. The van der Waals surface area contributed by atoms with Gasteiger partial charge in [-0.05, 0) is 72.4 Å². The van der Waals surface area contributed by atoms with Crippen molar-refractivity contribution in [3.63, 3.8) is 0 Å². The van der Waals surface area contributed by atoms with Gasteiger partial charge in [0.15, 0.2) is 11.5 Å². The summed E-state index contributed by atoms with van der Waals surface area (Å²) < 4.78 is 16.6. The molecule has 0 aromatic heterocycles. The van der Waals surface area contributed by atoms with Crippen molar-refractivity contribution in [2.45, 2.75) is 45.3 Å². The molecule has 0 fully saturated rings. The third-order valence-corrected chi connectivity index (χ3v) is 7.10. The minimum Gasteiger partial charge on any atom is -0.497 e. The highest BCUT2D eigenvalue weighted by Gasteiger charge is 2.35. The summed E-state index contributed by atoms with van der Waals surface area (Å²) in [5, 5.41) is 3.36. The second-order valence-corrected chi connectivity index (χ2v) is 9.22. The van der Waals surface area contributed by atoms with Crippen LogP contribution in [0.2, 0.25) is 0 Å². The average molecular weight is 489 g/mol. The molecule has 0 saturated carbocycles. The average Bonchev–Trinajstić information content (AvgIpc) is 2.91. The molecule has 1 heterocycles. The molecule has 3 aromatic rings. The molecule has 1 N–H and O–H groups in total. The van der Waals surface area contributed by atoms with E-state index < -0.39 is 0 Å². The van der Waals surface area contributed by atoms with Crippen molar-refractivity contribution in [1.29, 1.82) is 0 Å². The lowest BCUT2D eigenvalue weighted by Crippen LogP contribution is -2.48. The standard InChI is InChI=1S/C30H36N2O4/c1-6-26(31-30(33)24-10-8-7-9-20(24)2)29-25-18-28(36-5)27(35-4)17-22(25)15-16-32(29)19-21-11-13-23(34-3)14-12-21/h7-14,17-18,26,29H,6,15-16,19H2,1-5H3,(H,31,33)/t26-,29+/m0/s1. The van der Waals surface area contributed by atoms with E-state index in [-0.39, 0.29) is 18.0 Å². The van der Waals surface area contributed by atoms with E-state index in [1.54, 1.807) is 21.3 Å². The maximum Gasteiger partial charge on any atom is 0.251 e. The zero-order valence-electron chi connectivity index (χ0n) is 21.8. The number of amides is 1. The Labute approximate surface area is 214 Å². The zero-order valence-corrected chi connectivity index (χ0v) is 21.8. The van der Waals surface area contributed by atoms with Crippen molar-refractivity contribution < 1.29 is 19.0 Å². The van der Waals surface area contributed by atoms with Crippen LogP contribution >= 0.6 is 0 Å². The number of aryl methyl sites for hydroxylation is 1. The van der Waals surface area contributed by atoms with Gasteiger partial charge in [-0.3, -0.25) is 9.69 Å². The van der Waals surface area contributed by atoms with Crippen molar-refractivity contribution >= 4 is 5.91 Å². The number of methoxy groups -OCH3 is 3. The Morgan fingerprint density at radius 2 is 1.69 bits per heavy atom. The van der Waals surface area contributed by atoms with Crippen LogP contribution in [0.4, 0.5) is 0 Å². The van der Waals surface area contributed by atoms with Gasteiger partial charge in [0.05, 0.1) is 27.4 Å². The molecule has 1 aliphatic rings. The molecule has 0 unspecified atom stereocenters. The summed E-state index contributed by atoms with van der Waals surface area (Å²) in [5.41, 5.74) is 5.28. The van der Waals surface area contributed by atoms with Crippen LogP contribution in [0.25, 0.3) is 0 Å². The fourth-order valence-electron chi connectivity index (χ4n) is 5.12. The number of carbonyl (C=O) groups excluding carboxylic acids is 1. The zero-order chi connectivity index (χ0) is 25.7. The van der Waals surface area contributed by atoms with Gasteiger partial charge in [0.2, 0.25) is 0 Å². The van der Waals surface area contributed by atoms with Crippen molar-refractivity contribution in [3.05, 3.63) is 88.5 Å². The highest BCUT2D eigenvalue weighted by Crippen LogP contribution is 2.40. The summed E-state index contributed by atoms with van der Waals surface area (Å²) in [4.78, 5) is 15.8. The van der Waals surface area contributed by atoms with Crippen molar-refractivity contribution in [2.75, 3.05) is 27.9 Å². The summed E-state index contributed by atoms with van der Waals surface area (Å²) in [6.07, 6.45) is 1.68. The van der Waals surface area contributed by atoms with Crippen LogP contribution < -0.4 is 19.5 Å². The van der Waals surface area contributed by atoms with Gasteiger partial charge in [0, 0.05) is 24.7 Å². The van der Waals surface area contributed by atoms with Crippen molar-refractivity contribution in [1.82, 2.24) is 10.2 Å². The van der Waals surface area contributed by atoms with Gasteiger partial charge in [0.1, 0.15) is 5.75 Å². The van der Waals surface area contributed by atoms with E-state index in [0.29, 0.717) is 11.3 Å². The Balaban J connectivity index is 1.72. The van der Waals surface area contributed by atoms with Gasteiger partial charge in [-0.2, -0.15) is 0 Å². The number of hydrogen-bond acceptors (Lipinski definition) is 5. The summed E-state index contributed by atoms with van der Waals surface area (Å²) >= 11 is 0. The topological polar surface area (TPSA) is 60.0 Å². The van der Waals surface area contributed by atoms with Crippen LogP contribution in [0, 0.1) is 6.92 Å². The molecule has 1 aliphatic heterocycles. The molecule has 0 saturated heterocycles. The molecule has 36 heavy (non-hydrogen) atoms. The number of nitrogens with zero attached hydrogens (tertiary/aromatic N) is 1. The van der Waals surface area contributed by atoms with Gasteiger partial charge < -0.3 is 19.5 Å². The number of hydrogen-bond donors (Lipinski definition) is 1. The molecule has 0 aliphatic carbocycles. The quantitative estimate of drug-likeness (QED) is 0.441. The molecule has 1 amide bonds. The Kier molecular flexibility index (Phi) is 8.16. The predicted molar refractivity (Wildman–Crippen MR) is 142 cm³/mol.